The van der Waals surface area contributed by atoms with E-state index in [-0.39, 0.29) is 37.5 Å². The lowest BCUT2D eigenvalue weighted by molar-refractivity contribution is -0.144. The van der Waals surface area contributed by atoms with Crippen LogP contribution < -0.4 is 27.4 Å². The molecule has 8 N–H and O–H groups in total. The minimum absolute atomic E-state index is 0.00677. The molecule has 1 aromatic carbocycles. The highest BCUT2D eigenvalue weighted by atomic mass is 16.4. The van der Waals surface area contributed by atoms with E-state index in [9.17, 15) is 29.1 Å². The number of hydrogen-bond donors (Lipinski definition) is 6. The van der Waals surface area contributed by atoms with E-state index in [1.807, 2.05) is 26.8 Å². The van der Waals surface area contributed by atoms with E-state index in [2.05, 4.69) is 16.0 Å². The van der Waals surface area contributed by atoms with Crippen molar-refractivity contribution in [1.29, 1.82) is 0 Å². The number of rotatable bonds is 16. The minimum atomic E-state index is -1.16. The summed E-state index contributed by atoms with van der Waals surface area (Å²) in [4.78, 5) is 61.8. The average Bonchev–Trinajstić information content (AvgIpc) is 2.84. The molecule has 0 bridgehead atoms. The van der Waals surface area contributed by atoms with Crippen LogP contribution in [0.2, 0.25) is 0 Å². The standard InChI is InChI=1S/C26H41N5O6/c1-5-16(4)22(26(36)37)31-25(35)19(13-15(2)3)30-24(34)20(14-17-9-7-6-8-10-17)29-23(33)18(27)11-12-21(28)32/h6-10,15-16,18-20,22H,5,11-14,27H2,1-4H3,(H2,28,32)(H,29,33)(H,30,34)(H,31,35)(H,36,37). The molecule has 0 aliphatic heterocycles. The first-order chi connectivity index (χ1) is 17.3. The van der Waals surface area contributed by atoms with Gasteiger partial charge in [0.25, 0.3) is 0 Å². The second-order valence-corrected chi connectivity index (χ2v) is 9.76. The largest absolute Gasteiger partial charge is 0.480 e. The summed E-state index contributed by atoms with van der Waals surface area (Å²) < 4.78 is 0. The van der Waals surface area contributed by atoms with Gasteiger partial charge in [0, 0.05) is 12.8 Å². The van der Waals surface area contributed by atoms with Crippen molar-refractivity contribution in [3.63, 3.8) is 0 Å². The first kappa shape index (κ1) is 31.6. The highest BCUT2D eigenvalue weighted by molar-refractivity contribution is 5.94. The fraction of sp³-hybridized carbons (Fsp3) is 0.577. The Kier molecular flexibility index (Phi) is 13.3. The molecule has 1 rings (SSSR count). The second-order valence-electron chi connectivity index (χ2n) is 9.76. The summed E-state index contributed by atoms with van der Waals surface area (Å²) in [6, 6.07) is 4.74. The molecule has 0 radical (unpaired) electrons. The quantitative estimate of drug-likeness (QED) is 0.182. The molecule has 0 aliphatic rings. The maximum absolute atomic E-state index is 13.3. The molecule has 11 heteroatoms. The number of aliphatic carboxylic acids is 1. The molecule has 0 saturated carbocycles. The Morgan fingerprint density at radius 2 is 1.46 bits per heavy atom. The van der Waals surface area contributed by atoms with Gasteiger partial charge >= 0.3 is 5.97 Å². The number of hydrogen-bond acceptors (Lipinski definition) is 6. The van der Waals surface area contributed by atoms with Gasteiger partial charge in [-0.2, -0.15) is 0 Å². The summed E-state index contributed by atoms with van der Waals surface area (Å²) in [5, 5.41) is 17.4. The van der Waals surface area contributed by atoms with E-state index in [4.69, 9.17) is 11.5 Å². The number of carboxylic acids is 1. The minimum Gasteiger partial charge on any atom is -0.480 e. The molecule has 0 aromatic heterocycles. The van der Waals surface area contributed by atoms with Gasteiger partial charge in [0.05, 0.1) is 6.04 Å². The van der Waals surface area contributed by atoms with Crippen molar-refractivity contribution in [2.24, 2.45) is 23.3 Å². The normalized spacial score (nSPS) is 15.1. The van der Waals surface area contributed by atoms with E-state index in [1.165, 1.54) is 0 Å². The van der Waals surface area contributed by atoms with Crippen LogP contribution in [0.3, 0.4) is 0 Å². The van der Waals surface area contributed by atoms with Crippen molar-refractivity contribution in [1.82, 2.24) is 16.0 Å². The van der Waals surface area contributed by atoms with Gasteiger partial charge in [-0.25, -0.2) is 4.79 Å². The summed E-state index contributed by atoms with van der Waals surface area (Å²) in [5.74, 6) is -3.92. The number of carbonyl (C=O) groups is 5. The predicted octanol–water partition coefficient (Wildman–Crippen LogP) is 0.453. The van der Waals surface area contributed by atoms with Crippen LogP contribution in [-0.4, -0.2) is 58.9 Å². The number of amides is 4. The highest BCUT2D eigenvalue weighted by Gasteiger charge is 2.32. The topological polar surface area (TPSA) is 194 Å². The van der Waals surface area contributed by atoms with Crippen molar-refractivity contribution < 1.29 is 29.1 Å². The highest BCUT2D eigenvalue weighted by Crippen LogP contribution is 2.12. The molecule has 5 unspecified atom stereocenters. The third-order valence-electron chi connectivity index (χ3n) is 6.07. The van der Waals surface area contributed by atoms with Crippen molar-refractivity contribution in [2.75, 3.05) is 0 Å². The van der Waals surface area contributed by atoms with Crippen LogP contribution >= 0.6 is 0 Å². The Labute approximate surface area is 218 Å². The maximum atomic E-state index is 13.3. The zero-order valence-electron chi connectivity index (χ0n) is 22.0. The fourth-order valence-electron chi connectivity index (χ4n) is 3.68. The number of carbonyl (C=O) groups excluding carboxylic acids is 4. The van der Waals surface area contributed by atoms with Gasteiger partial charge in [-0.15, -0.1) is 0 Å². The lowest BCUT2D eigenvalue weighted by atomic mass is 9.97. The summed E-state index contributed by atoms with van der Waals surface area (Å²) in [6.07, 6.45) is 0.864. The number of benzene rings is 1. The van der Waals surface area contributed by atoms with Crippen molar-refractivity contribution in [3.8, 4) is 0 Å². The third kappa shape index (κ3) is 11.4. The van der Waals surface area contributed by atoms with Crippen molar-refractivity contribution in [2.45, 2.75) is 84.0 Å². The number of nitrogens with one attached hydrogen (secondary N) is 3. The van der Waals surface area contributed by atoms with Gasteiger partial charge in [-0.1, -0.05) is 64.4 Å². The van der Waals surface area contributed by atoms with Crippen LogP contribution in [0.4, 0.5) is 0 Å². The zero-order chi connectivity index (χ0) is 28.1. The molecule has 0 saturated heterocycles. The molecule has 0 spiro atoms. The molecule has 4 amide bonds. The lowest BCUT2D eigenvalue weighted by Crippen LogP contribution is -2.58. The molecule has 0 heterocycles. The monoisotopic (exact) mass is 519 g/mol. The molecular formula is C26H41N5O6. The van der Waals surface area contributed by atoms with Gasteiger partial charge in [0.15, 0.2) is 0 Å². The van der Waals surface area contributed by atoms with Crippen LogP contribution in [-0.2, 0) is 30.4 Å². The van der Waals surface area contributed by atoms with Crippen LogP contribution in [0.25, 0.3) is 0 Å². The van der Waals surface area contributed by atoms with E-state index >= 15 is 0 Å². The first-order valence-electron chi connectivity index (χ1n) is 12.6. The number of nitrogens with two attached hydrogens (primary N) is 2. The average molecular weight is 520 g/mol. The SMILES string of the molecule is CCC(C)C(NC(=O)C(CC(C)C)NC(=O)C(Cc1ccccc1)NC(=O)C(N)CCC(N)=O)C(=O)O. The lowest BCUT2D eigenvalue weighted by Gasteiger charge is -2.27. The Morgan fingerprint density at radius 3 is 1.97 bits per heavy atom. The molecule has 5 atom stereocenters. The van der Waals surface area contributed by atoms with E-state index in [0.29, 0.717) is 6.42 Å². The Bertz CT molecular complexity index is 923. The van der Waals surface area contributed by atoms with E-state index in [1.54, 1.807) is 31.2 Å². The molecule has 206 valence electrons. The van der Waals surface area contributed by atoms with Crippen LogP contribution in [0.15, 0.2) is 30.3 Å². The van der Waals surface area contributed by atoms with E-state index < -0.39 is 53.8 Å². The summed E-state index contributed by atoms with van der Waals surface area (Å²) in [6.45, 7) is 7.29. The van der Waals surface area contributed by atoms with Crippen LogP contribution in [0.5, 0.6) is 0 Å². The predicted molar refractivity (Wildman–Crippen MR) is 139 cm³/mol. The van der Waals surface area contributed by atoms with Crippen molar-refractivity contribution in [3.05, 3.63) is 35.9 Å². The maximum Gasteiger partial charge on any atom is 0.326 e. The molecule has 1 aromatic rings. The van der Waals surface area contributed by atoms with Gasteiger partial charge in [0.2, 0.25) is 23.6 Å². The fourth-order valence-corrected chi connectivity index (χ4v) is 3.68. The van der Waals surface area contributed by atoms with Crippen LogP contribution in [0.1, 0.15) is 58.9 Å². The Hall–Kier alpha value is -3.47. The Balaban J connectivity index is 3.11. The first-order valence-corrected chi connectivity index (χ1v) is 12.6. The third-order valence-corrected chi connectivity index (χ3v) is 6.07. The molecule has 0 fully saturated rings. The molecule has 11 nitrogen and oxygen atoms in total. The van der Waals surface area contributed by atoms with Crippen molar-refractivity contribution >= 4 is 29.6 Å². The summed E-state index contributed by atoms with van der Waals surface area (Å²) in [5.41, 5.74) is 11.8. The summed E-state index contributed by atoms with van der Waals surface area (Å²) >= 11 is 0. The van der Waals surface area contributed by atoms with Gasteiger partial charge < -0.3 is 32.5 Å². The molecular weight excluding hydrogens is 478 g/mol. The van der Waals surface area contributed by atoms with Crippen LogP contribution in [0, 0.1) is 11.8 Å². The Morgan fingerprint density at radius 1 is 0.892 bits per heavy atom. The van der Waals surface area contributed by atoms with Gasteiger partial charge in [0.1, 0.15) is 18.1 Å². The number of primary amides is 1. The molecule has 37 heavy (non-hydrogen) atoms. The van der Waals surface area contributed by atoms with E-state index in [0.717, 1.165) is 5.56 Å². The summed E-state index contributed by atoms with van der Waals surface area (Å²) in [7, 11) is 0. The zero-order valence-corrected chi connectivity index (χ0v) is 22.0. The van der Waals surface area contributed by atoms with Gasteiger partial charge in [-0.3, -0.25) is 19.2 Å². The second kappa shape index (κ2) is 15.6. The molecule has 0 aliphatic carbocycles. The van der Waals surface area contributed by atoms with Gasteiger partial charge in [-0.05, 0) is 30.2 Å². The smallest absolute Gasteiger partial charge is 0.326 e. The number of carboxylic acid groups (broad SMARTS) is 1.